The van der Waals surface area contributed by atoms with Crippen molar-refractivity contribution in [1.29, 1.82) is 0 Å². The number of nitrogens with one attached hydrogen (secondary N) is 2. The zero-order valence-corrected chi connectivity index (χ0v) is 15.7. The lowest BCUT2D eigenvalue weighted by atomic mass is 10.2. The van der Waals surface area contributed by atoms with Crippen molar-refractivity contribution in [3.05, 3.63) is 83.0 Å². The second-order valence-corrected chi connectivity index (χ2v) is 7.87. The first-order valence-corrected chi connectivity index (χ1v) is 9.83. The molecule has 0 unspecified atom stereocenters. The second-order valence-electron chi connectivity index (χ2n) is 5.78. The van der Waals surface area contributed by atoms with Gasteiger partial charge in [-0.25, -0.2) is 13.4 Å². The van der Waals surface area contributed by atoms with Crippen molar-refractivity contribution in [1.82, 2.24) is 4.98 Å². The van der Waals surface area contributed by atoms with E-state index in [1.807, 2.05) is 24.3 Å². The average Bonchev–Trinajstić information content (AvgIpc) is 2.62. The molecule has 1 aromatic heterocycles. The molecule has 3 aromatic rings. The van der Waals surface area contributed by atoms with Gasteiger partial charge in [0.05, 0.1) is 16.8 Å². The third kappa shape index (κ3) is 4.53. The van der Waals surface area contributed by atoms with Gasteiger partial charge >= 0.3 is 0 Å². The van der Waals surface area contributed by atoms with Gasteiger partial charge in [-0.2, -0.15) is 0 Å². The average molecular weight is 388 g/mol. The van der Waals surface area contributed by atoms with Gasteiger partial charge in [-0.15, -0.1) is 0 Å². The fraction of sp³-hybridized carbons (Fsp3) is 0.105. The molecule has 3 rings (SSSR count). The molecule has 0 aliphatic rings. The Hall–Kier alpha value is -2.57. The Morgan fingerprint density at radius 2 is 1.73 bits per heavy atom. The van der Waals surface area contributed by atoms with Crippen LogP contribution >= 0.6 is 11.6 Å². The maximum absolute atomic E-state index is 12.5. The quantitative estimate of drug-likeness (QED) is 0.655. The Balaban J connectivity index is 1.66. The van der Waals surface area contributed by atoms with E-state index in [2.05, 4.69) is 15.0 Å². The fourth-order valence-electron chi connectivity index (χ4n) is 2.42. The first-order valence-electron chi connectivity index (χ1n) is 7.97. The predicted octanol–water partition coefficient (Wildman–Crippen LogP) is 4.46. The zero-order chi connectivity index (χ0) is 18.6. The van der Waals surface area contributed by atoms with Crippen molar-refractivity contribution in [3.63, 3.8) is 0 Å². The van der Waals surface area contributed by atoms with Gasteiger partial charge in [0, 0.05) is 11.6 Å². The number of hydrogen-bond acceptors (Lipinski definition) is 4. The van der Waals surface area contributed by atoms with Crippen LogP contribution in [0.15, 0.2) is 71.8 Å². The minimum atomic E-state index is -3.64. The van der Waals surface area contributed by atoms with Crippen LogP contribution in [0.3, 0.4) is 0 Å². The van der Waals surface area contributed by atoms with E-state index >= 15 is 0 Å². The van der Waals surface area contributed by atoms with Gasteiger partial charge in [0.15, 0.2) is 0 Å². The maximum atomic E-state index is 12.5. The molecule has 134 valence electrons. The van der Waals surface area contributed by atoms with Crippen LogP contribution in [0, 0.1) is 6.92 Å². The van der Waals surface area contributed by atoms with E-state index in [0.717, 1.165) is 5.56 Å². The van der Waals surface area contributed by atoms with E-state index in [1.54, 1.807) is 43.3 Å². The number of anilines is 2. The third-order valence-electron chi connectivity index (χ3n) is 3.79. The molecule has 0 fully saturated rings. The summed E-state index contributed by atoms with van der Waals surface area (Å²) < 4.78 is 27.5. The van der Waals surface area contributed by atoms with E-state index in [9.17, 15) is 8.42 Å². The van der Waals surface area contributed by atoms with Crippen LogP contribution in [0.2, 0.25) is 5.02 Å². The summed E-state index contributed by atoms with van der Waals surface area (Å²) in [4.78, 5) is 4.50. The fourth-order valence-corrected chi connectivity index (χ4v) is 3.84. The lowest BCUT2D eigenvalue weighted by Crippen LogP contribution is -2.14. The second kappa shape index (κ2) is 7.76. The first kappa shape index (κ1) is 18.2. The Kier molecular flexibility index (Phi) is 5.44. The SMILES string of the molecule is Cc1ccccc1S(=O)(=O)Nc1ccc(NCc2ccc(Cl)cc2)nc1. The maximum Gasteiger partial charge on any atom is 0.262 e. The lowest BCUT2D eigenvalue weighted by Gasteiger charge is -2.11. The van der Waals surface area contributed by atoms with E-state index in [1.165, 1.54) is 6.20 Å². The summed E-state index contributed by atoms with van der Waals surface area (Å²) in [6.45, 7) is 2.36. The highest BCUT2D eigenvalue weighted by atomic mass is 35.5. The Morgan fingerprint density at radius 1 is 1.00 bits per heavy atom. The standard InChI is InChI=1S/C19H18ClN3O2S/c1-14-4-2-3-5-18(14)26(24,25)23-17-10-11-19(22-13-17)21-12-15-6-8-16(20)9-7-15/h2-11,13,23H,12H2,1H3,(H,21,22). The molecule has 0 atom stereocenters. The number of aryl methyl sites for hydroxylation is 1. The number of aromatic nitrogens is 1. The van der Waals surface area contributed by atoms with Gasteiger partial charge in [-0.3, -0.25) is 4.72 Å². The molecule has 0 radical (unpaired) electrons. The molecule has 5 nitrogen and oxygen atoms in total. The number of sulfonamides is 1. The number of nitrogens with zero attached hydrogens (tertiary/aromatic N) is 1. The van der Waals surface area contributed by atoms with Gasteiger partial charge in [0.2, 0.25) is 0 Å². The van der Waals surface area contributed by atoms with E-state index in [0.29, 0.717) is 28.6 Å². The highest BCUT2D eigenvalue weighted by molar-refractivity contribution is 7.92. The first-order chi connectivity index (χ1) is 12.4. The van der Waals surface area contributed by atoms with Gasteiger partial charge in [-0.1, -0.05) is 41.9 Å². The molecule has 2 N–H and O–H groups in total. The monoisotopic (exact) mass is 387 g/mol. The topological polar surface area (TPSA) is 71.1 Å². The molecule has 1 heterocycles. The van der Waals surface area contributed by atoms with Gasteiger partial charge in [-0.05, 0) is 48.4 Å². The van der Waals surface area contributed by atoms with Gasteiger partial charge < -0.3 is 5.32 Å². The van der Waals surface area contributed by atoms with Crippen LogP contribution in [0.4, 0.5) is 11.5 Å². The molecule has 0 saturated carbocycles. The van der Waals surface area contributed by atoms with Crippen LogP contribution < -0.4 is 10.0 Å². The van der Waals surface area contributed by atoms with E-state index in [-0.39, 0.29) is 4.90 Å². The zero-order valence-electron chi connectivity index (χ0n) is 14.1. The molecule has 0 aliphatic heterocycles. The summed E-state index contributed by atoms with van der Waals surface area (Å²) in [5.41, 5.74) is 2.17. The molecule has 7 heteroatoms. The van der Waals surface area contributed by atoms with Crippen molar-refractivity contribution < 1.29 is 8.42 Å². The van der Waals surface area contributed by atoms with E-state index in [4.69, 9.17) is 11.6 Å². The molecular formula is C19H18ClN3O2S. The molecule has 2 aromatic carbocycles. The predicted molar refractivity (Wildman–Crippen MR) is 105 cm³/mol. The molecule has 0 saturated heterocycles. The van der Waals surface area contributed by atoms with Crippen LogP contribution in [0.1, 0.15) is 11.1 Å². The van der Waals surface area contributed by atoms with Crippen LogP contribution in [0.25, 0.3) is 0 Å². The summed E-state index contributed by atoms with van der Waals surface area (Å²) in [6.07, 6.45) is 1.49. The van der Waals surface area contributed by atoms with Crippen LogP contribution in [0.5, 0.6) is 0 Å². The minimum absolute atomic E-state index is 0.255. The number of rotatable bonds is 6. The van der Waals surface area contributed by atoms with Crippen LogP contribution in [-0.4, -0.2) is 13.4 Å². The Bertz CT molecular complexity index is 988. The van der Waals surface area contributed by atoms with Gasteiger partial charge in [0.1, 0.15) is 5.82 Å². The number of benzene rings is 2. The highest BCUT2D eigenvalue weighted by Gasteiger charge is 2.16. The normalized spacial score (nSPS) is 11.2. The summed E-state index contributed by atoms with van der Waals surface area (Å²) in [5, 5.41) is 3.87. The minimum Gasteiger partial charge on any atom is -0.366 e. The molecule has 0 aliphatic carbocycles. The van der Waals surface area contributed by atoms with Crippen molar-refractivity contribution in [2.24, 2.45) is 0 Å². The molecule has 0 spiro atoms. The summed E-state index contributed by atoms with van der Waals surface area (Å²) >= 11 is 5.86. The molecule has 0 amide bonds. The van der Waals surface area contributed by atoms with E-state index < -0.39 is 10.0 Å². The summed E-state index contributed by atoms with van der Waals surface area (Å²) in [6, 6.07) is 17.8. The number of halogens is 1. The summed E-state index contributed by atoms with van der Waals surface area (Å²) in [7, 11) is -3.64. The van der Waals surface area contributed by atoms with Crippen LogP contribution in [-0.2, 0) is 16.6 Å². The molecule has 0 bridgehead atoms. The molecule has 26 heavy (non-hydrogen) atoms. The highest BCUT2D eigenvalue weighted by Crippen LogP contribution is 2.19. The van der Waals surface area contributed by atoms with Crippen molar-refractivity contribution >= 4 is 33.1 Å². The summed E-state index contributed by atoms with van der Waals surface area (Å²) in [5.74, 6) is 0.652. The Morgan fingerprint density at radius 3 is 2.38 bits per heavy atom. The van der Waals surface area contributed by atoms with Gasteiger partial charge in [0.25, 0.3) is 10.0 Å². The smallest absolute Gasteiger partial charge is 0.262 e. The van der Waals surface area contributed by atoms with Crippen molar-refractivity contribution in [2.45, 2.75) is 18.4 Å². The van der Waals surface area contributed by atoms with Crippen molar-refractivity contribution in [3.8, 4) is 0 Å². The lowest BCUT2D eigenvalue weighted by molar-refractivity contribution is 0.600. The Labute approximate surface area is 158 Å². The van der Waals surface area contributed by atoms with Crippen molar-refractivity contribution in [2.75, 3.05) is 10.0 Å². The largest absolute Gasteiger partial charge is 0.366 e. The number of hydrogen-bond donors (Lipinski definition) is 2. The third-order valence-corrected chi connectivity index (χ3v) is 5.58. The molecular weight excluding hydrogens is 370 g/mol. The number of pyridine rings is 1.